The van der Waals surface area contributed by atoms with Crippen molar-refractivity contribution in [1.29, 1.82) is 0 Å². The number of carbonyl (C=O) groups is 2. The van der Waals surface area contributed by atoms with Gasteiger partial charge in [-0.25, -0.2) is 9.97 Å². The van der Waals surface area contributed by atoms with E-state index < -0.39 is 0 Å². The summed E-state index contributed by atoms with van der Waals surface area (Å²) in [5.41, 5.74) is 0. The molecule has 2 saturated heterocycles. The van der Waals surface area contributed by atoms with Gasteiger partial charge in [0.2, 0.25) is 0 Å². The van der Waals surface area contributed by atoms with Crippen LogP contribution >= 0.6 is 0 Å². The van der Waals surface area contributed by atoms with Crippen LogP contribution in [0, 0.1) is 0 Å². The smallest absolute Gasteiger partial charge is 0.287 e. The molecule has 0 radical (unpaired) electrons. The average molecular weight is 447 g/mol. The molecule has 0 saturated carbocycles. The van der Waals surface area contributed by atoms with Crippen molar-refractivity contribution in [2.75, 3.05) is 36.0 Å². The first kappa shape index (κ1) is 21.0. The van der Waals surface area contributed by atoms with Crippen molar-refractivity contribution in [3.8, 4) is 0 Å². The van der Waals surface area contributed by atoms with Crippen LogP contribution in [-0.2, 0) is 0 Å². The first-order valence-electron chi connectivity index (χ1n) is 11.2. The van der Waals surface area contributed by atoms with Crippen LogP contribution in [0.25, 0.3) is 0 Å². The highest BCUT2D eigenvalue weighted by Crippen LogP contribution is 2.19. The van der Waals surface area contributed by atoms with Crippen molar-refractivity contribution in [2.24, 2.45) is 0 Å². The molecule has 2 fully saturated rings. The van der Waals surface area contributed by atoms with Crippen molar-refractivity contribution in [2.45, 2.75) is 24.9 Å². The van der Waals surface area contributed by atoms with Gasteiger partial charge in [-0.05, 0) is 49.2 Å². The zero-order chi connectivity index (χ0) is 22.6. The summed E-state index contributed by atoms with van der Waals surface area (Å²) in [6, 6.07) is 14.7. The molecule has 9 nitrogen and oxygen atoms in total. The van der Waals surface area contributed by atoms with Crippen LogP contribution in [0.2, 0.25) is 0 Å². The van der Waals surface area contributed by atoms with E-state index in [2.05, 4.69) is 30.4 Å². The highest BCUT2D eigenvalue weighted by atomic mass is 16.4. The fraction of sp³-hybridized carbons (Fsp3) is 0.333. The van der Waals surface area contributed by atoms with E-state index in [0.29, 0.717) is 13.1 Å². The van der Waals surface area contributed by atoms with Gasteiger partial charge in [0.1, 0.15) is 11.6 Å². The number of amides is 2. The Balaban J connectivity index is 1.12. The molecule has 2 aliphatic heterocycles. The quantitative estimate of drug-likeness (QED) is 0.598. The highest BCUT2D eigenvalue weighted by Gasteiger charge is 2.28. The maximum absolute atomic E-state index is 12.6. The van der Waals surface area contributed by atoms with E-state index in [-0.39, 0.29) is 35.4 Å². The zero-order valence-corrected chi connectivity index (χ0v) is 18.2. The lowest BCUT2D eigenvalue weighted by Crippen LogP contribution is -2.37. The van der Waals surface area contributed by atoms with Crippen molar-refractivity contribution in [3.63, 3.8) is 0 Å². The predicted octanol–water partition coefficient (Wildman–Crippen LogP) is 2.09. The van der Waals surface area contributed by atoms with Gasteiger partial charge < -0.3 is 24.9 Å². The third kappa shape index (κ3) is 4.82. The SMILES string of the molecule is O=C(NC1CCN(c2ccccn2)C1)c1ccc(C(=O)NC2CCN(c3ccccn3)C2)o1. The Morgan fingerprint density at radius 3 is 1.67 bits per heavy atom. The number of nitrogens with one attached hydrogen (secondary N) is 2. The molecule has 33 heavy (non-hydrogen) atoms. The lowest BCUT2D eigenvalue weighted by atomic mass is 10.2. The Hall–Kier alpha value is -3.88. The topological polar surface area (TPSA) is 104 Å². The summed E-state index contributed by atoms with van der Waals surface area (Å²) in [7, 11) is 0. The van der Waals surface area contributed by atoms with Gasteiger partial charge in [0.15, 0.2) is 11.5 Å². The fourth-order valence-corrected chi connectivity index (χ4v) is 4.35. The lowest BCUT2D eigenvalue weighted by Gasteiger charge is -2.17. The summed E-state index contributed by atoms with van der Waals surface area (Å²) in [5.74, 6) is 1.45. The van der Waals surface area contributed by atoms with E-state index in [9.17, 15) is 9.59 Å². The molecule has 0 aliphatic carbocycles. The Labute approximate surface area is 191 Å². The number of anilines is 2. The second-order valence-electron chi connectivity index (χ2n) is 8.35. The van der Waals surface area contributed by atoms with Gasteiger partial charge in [-0.1, -0.05) is 12.1 Å². The molecule has 2 aliphatic rings. The van der Waals surface area contributed by atoms with E-state index in [1.807, 2.05) is 36.4 Å². The molecule has 3 aromatic rings. The molecule has 5 heterocycles. The fourth-order valence-electron chi connectivity index (χ4n) is 4.35. The third-order valence-electron chi connectivity index (χ3n) is 6.05. The van der Waals surface area contributed by atoms with Crippen molar-refractivity contribution in [1.82, 2.24) is 20.6 Å². The van der Waals surface area contributed by atoms with Crippen LogP contribution in [0.4, 0.5) is 11.6 Å². The van der Waals surface area contributed by atoms with Gasteiger partial charge in [0.05, 0.1) is 0 Å². The minimum atomic E-state index is -0.316. The number of hydrogen-bond acceptors (Lipinski definition) is 7. The van der Waals surface area contributed by atoms with Crippen LogP contribution in [0.3, 0.4) is 0 Å². The van der Waals surface area contributed by atoms with E-state index in [4.69, 9.17) is 4.42 Å². The maximum atomic E-state index is 12.6. The molecule has 3 aromatic heterocycles. The monoisotopic (exact) mass is 446 g/mol. The predicted molar refractivity (Wildman–Crippen MR) is 123 cm³/mol. The van der Waals surface area contributed by atoms with Crippen LogP contribution in [0.5, 0.6) is 0 Å². The summed E-state index contributed by atoms with van der Waals surface area (Å²) in [4.78, 5) is 38.3. The molecule has 2 atom stereocenters. The van der Waals surface area contributed by atoms with Crippen molar-refractivity contribution < 1.29 is 14.0 Å². The number of rotatable bonds is 6. The van der Waals surface area contributed by atoms with Crippen LogP contribution in [0.15, 0.2) is 65.3 Å². The van der Waals surface area contributed by atoms with Crippen LogP contribution < -0.4 is 20.4 Å². The molecule has 2 amide bonds. The van der Waals surface area contributed by atoms with Gasteiger partial charge in [0.25, 0.3) is 11.8 Å². The molecule has 170 valence electrons. The van der Waals surface area contributed by atoms with E-state index >= 15 is 0 Å². The number of pyridine rings is 2. The lowest BCUT2D eigenvalue weighted by molar-refractivity contribution is 0.0887. The van der Waals surface area contributed by atoms with E-state index in [1.54, 1.807) is 24.5 Å². The molecule has 0 aromatic carbocycles. The number of hydrogen-bond donors (Lipinski definition) is 2. The Morgan fingerprint density at radius 1 is 0.758 bits per heavy atom. The minimum Gasteiger partial charge on any atom is -0.446 e. The summed E-state index contributed by atoms with van der Waals surface area (Å²) in [6.45, 7) is 3.02. The Kier molecular flexibility index (Phi) is 5.93. The molecule has 2 N–H and O–H groups in total. The molecular weight excluding hydrogens is 420 g/mol. The molecule has 2 unspecified atom stereocenters. The van der Waals surface area contributed by atoms with Crippen molar-refractivity contribution >= 4 is 23.5 Å². The van der Waals surface area contributed by atoms with Crippen LogP contribution in [0.1, 0.15) is 34.0 Å². The highest BCUT2D eigenvalue weighted by molar-refractivity contribution is 5.96. The van der Waals surface area contributed by atoms with E-state index in [1.165, 1.54) is 0 Å². The third-order valence-corrected chi connectivity index (χ3v) is 6.05. The van der Waals surface area contributed by atoms with Crippen molar-refractivity contribution in [3.05, 3.63) is 72.4 Å². The summed E-state index contributed by atoms with van der Waals surface area (Å²) in [6.07, 6.45) is 5.17. The van der Waals surface area contributed by atoms with Gasteiger partial charge in [-0.15, -0.1) is 0 Å². The second-order valence-corrected chi connectivity index (χ2v) is 8.35. The standard InChI is InChI=1S/C24H26N6O3/c31-23(27-17-9-13-29(15-17)21-5-1-3-11-25-21)19-7-8-20(33-19)24(32)28-18-10-14-30(16-18)22-6-2-4-12-26-22/h1-8,11-12,17-18H,9-10,13-16H2,(H,27,31)(H,28,32). The molecule has 0 spiro atoms. The Bertz CT molecular complexity index is 1020. The minimum absolute atomic E-state index is 0.00190. The summed E-state index contributed by atoms with van der Waals surface area (Å²) < 4.78 is 5.57. The van der Waals surface area contributed by atoms with Gasteiger partial charge in [-0.3, -0.25) is 9.59 Å². The number of carbonyl (C=O) groups excluding carboxylic acids is 2. The van der Waals surface area contributed by atoms with Gasteiger partial charge in [0, 0.05) is 50.7 Å². The maximum Gasteiger partial charge on any atom is 0.287 e. The number of nitrogens with zero attached hydrogens (tertiary/aromatic N) is 4. The molecular formula is C24H26N6O3. The van der Waals surface area contributed by atoms with Gasteiger partial charge in [-0.2, -0.15) is 0 Å². The van der Waals surface area contributed by atoms with Crippen LogP contribution in [-0.4, -0.2) is 60.0 Å². The first-order chi connectivity index (χ1) is 16.2. The number of aromatic nitrogens is 2. The van der Waals surface area contributed by atoms with E-state index in [0.717, 1.165) is 37.6 Å². The van der Waals surface area contributed by atoms with Gasteiger partial charge >= 0.3 is 0 Å². The first-order valence-corrected chi connectivity index (χ1v) is 11.2. The Morgan fingerprint density at radius 2 is 1.24 bits per heavy atom. The molecule has 0 bridgehead atoms. The summed E-state index contributed by atoms with van der Waals surface area (Å²) in [5, 5.41) is 5.99. The second kappa shape index (κ2) is 9.32. The molecule has 9 heteroatoms. The normalized spacial score (nSPS) is 20.1. The largest absolute Gasteiger partial charge is 0.446 e. The summed E-state index contributed by atoms with van der Waals surface area (Å²) >= 11 is 0. The average Bonchev–Trinajstić information content (AvgIpc) is 3.61. The molecule has 5 rings (SSSR count). The zero-order valence-electron chi connectivity index (χ0n) is 18.2. The number of furan rings is 1.